The second kappa shape index (κ2) is 8.64. The normalized spacial score (nSPS) is 12.3. The van der Waals surface area contributed by atoms with Gasteiger partial charge in [-0.05, 0) is 0 Å². The molecule has 0 aliphatic heterocycles. The molecular formula is C9H17O7PS. The summed E-state index contributed by atoms with van der Waals surface area (Å²) in [5.74, 6) is 1.73. The third-order valence-corrected chi connectivity index (χ3v) is 4.85. The lowest BCUT2D eigenvalue weighted by Crippen LogP contribution is -2.16. The molecule has 106 valence electrons. The molecule has 7 nitrogen and oxygen atoms in total. The summed E-state index contributed by atoms with van der Waals surface area (Å²) in [5, 5.41) is 0. The molecule has 0 radical (unpaired) electrons. The van der Waals surface area contributed by atoms with E-state index in [9.17, 15) is 13.0 Å². The molecule has 18 heavy (non-hydrogen) atoms. The quantitative estimate of drug-likeness (QED) is 0.251. The van der Waals surface area contributed by atoms with Crippen molar-refractivity contribution in [3.8, 4) is 12.3 Å². The van der Waals surface area contributed by atoms with Gasteiger partial charge in [-0.2, -0.15) is 8.42 Å². The van der Waals surface area contributed by atoms with Crippen molar-refractivity contribution in [1.29, 1.82) is 0 Å². The molecule has 0 saturated carbocycles. The lowest BCUT2D eigenvalue weighted by Gasteiger charge is -2.13. The Balaban J connectivity index is 3.82. The summed E-state index contributed by atoms with van der Waals surface area (Å²) in [4.78, 5) is 0. The van der Waals surface area contributed by atoms with Gasteiger partial charge in [0.2, 0.25) is 0 Å². The Labute approximate surface area is 107 Å². The van der Waals surface area contributed by atoms with Crippen LogP contribution in [0.1, 0.15) is 0 Å². The van der Waals surface area contributed by atoms with Gasteiger partial charge in [0, 0.05) is 14.2 Å². The summed E-state index contributed by atoms with van der Waals surface area (Å²) in [6.07, 6.45) is 4.91. The largest absolute Gasteiger partial charge is 0.380 e. The predicted octanol–water partition coefficient (Wildman–Crippen LogP) is 0.468. The first kappa shape index (κ1) is 17.6. The zero-order valence-electron chi connectivity index (χ0n) is 10.3. The molecule has 0 bridgehead atoms. The fraction of sp³-hybridized carbons (Fsp3) is 0.778. The molecule has 0 aromatic rings. The van der Waals surface area contributed by atoms with Gasteiger partial charge in [-0.25, -0.2) is 0 Å². The molecule has 0 aromatic heterocycles. The van der Waals surface area contributed by atoms with Crippen LogP contribution >= 0.6 is 7.60 Å². The molecular weight excluding hydrogens is 283 g/mol. The molecule has 0 fully saturated rings. The van der Waals surface area contributed by atoms with Gasteiger partial charge in [-0.1, -0.05) is 5.92 Å². The Morgan fingerprint density at radius 3 is 2.33 bits per heavy atom. The average molecular weight is 300 g/mol. The van der Waals surface area contributed by atoms with Crippen molar-refractivity contribution >= 4 is 17.7 Å². The maximum absolute atomic E-state index is 11.6. The van der Waals surface area contributed by atoms with Crippen molar-refractivity contribution in [1.82, 2.24) is 0 Å². The van der Waals surface area contributed by atoms with Crippen LogP contribution in [0, 0.1) is 12.3 Å². The van der Waals surface area contributed by atoms with E-state index in [4.69, 9.17) is 11.2 Å². The van der Waals surface area contributed by atoms with Crippen LogP contribution in [0.2, 0.25) is 0 Å². The van der Waals surface area contributed by atoms with Gasteiger partial charge in [-0.3, -0.25) is 8.75 Å². The van der Waals surface area contributed by atoms with Crippen molar-refractivity contribution in [3.05, 3.63) is 0 Å². The molecule has 0 spiro atoms. The fourth-order valence-corrected chi connectivity index (χ4v) is 2.43. The summed E-state index contributed by atoms with van der Waals surface area (Å²) in [6, 6.07) is 0. The fourth-order valence-electron chi connectivity index (χ4n) is 0.879. The number of hydrogen-bond acceptors (Lipinski definition) is 7. The Hall–Kier alpha value is -0.420. The van der Waals surface area contributed by atoms with Crippen LogP contribution in [0.5, 0.6) is 0 Å². The van der Waals surface area contributed by atoms with E-state index in [0.29, 0.717) is 0 Å². The highest BCUT2D eigenvalue weighted by atomic mass is 32.2. The maximum atomic E-state index is 11.6. The van der Waals surface area contributed by atoms with E-state index >= 15 is 0 Å². The van der Waals surface area contributed by atoms with Gasteiger partial charge in [0.25, 0.3) is 10.1 Å². The van der Waals surface area contributed by atoms with Crippen molar-refractivity contribution in [2.24, 2.45) is 0 Å². The summed E-state index contributed by atoms with van der Waals surface area (Å²) in [6.45, 7) is -0.325. The van der Waals surface area contributed by atoms with Crippen molar-refractivity contribution in [3.63, 3.8) is 0 Å². The van der Waals surface area contributed by atoms with E-state index in [1.165, 1.54) is 14.2 Å². The molecule has 0 amide bonds. The minimum absolute atomic E-state index is 0.0469. The Kier molecular flexibility index (Phi) is 8.44. The minimum Gasteiger partial charge on any atom is -0.380 e. The standard InChI is InChI=1S/C9H17O7PS/c1-4-5-16-18(11,12)9-7-15-6-8-17(10,13-2)14-3/h1H,5-9H2,2-3H3. The third kappa shape index (κ3) is 7.82. The van der Waals surface area contributed by atoms with Gasteiger partial charge in [-0.15, -0.1) is 6.42 Å². The summed E-state index contributed by atoms with van der Waals surface area (Å²) in [7, 11) is -4.25. The highest BCUT2D eigenvalue weighted by Crippen LogP contribution is 2.45. The molecule has 0 heterocycles. The maximum Gasteiger partial charge on any atom is 0.332 e. The van der Waals surface area contributed by atoms with Crippen LogP contribution in [0.15, 0.2) is 0 Å². The lowest BCUT2D eigenvalue weighted by molar-refractivity contribution is 0.155. The van der Waals surface area contributed by atoms with E-state index in [1.807, 2.05) is 5.92 Å². The van der Waals surface area contributed by atoms with Crippen LogP contribution in [0.3, 0.4) is 0 Å². The molecule has 0 N–H and O–H groups in total. The van der Waals surface area contributed by atoms with Gasteiger partial charge in [0.15, 0.2) is 0 Å². The predicted molar refractivity (Wildman–Crippen MR) is 65.9 cm³/mol. The van der Waals surface area contributed by atoms with E-state index in [1.54, 1.807) is 0 Å². The third-order valence-electron chi connectivity index (χ3n) is 1.87. The zero-order chi connectivity index (χ0) is 14.1. The first-order chi connectivity index (χ1) is 8.39. The molecule has 0 saturated heterocycles. The van der Waals surface area contributed by atoms with E-state index in [0.717, 1.165) is 0 Å². The Morgan fingerprint density at radius 2 is 1.83 bits per heavy atom. The monoisotopic (exact) mass is 300 g/mol. The van der Waals surface area contributed by atoms with Crippen LogP contribution < -0.4 is 0 Å². The molecule has 0 aliphatic carbocycles. The second-order valence-corrected chi connectivity index (χ2v) is 7.20. The zero-order valence-corrected chi connectivity index (χ0v) is 12.0. The van der Waals surface area contributed by atoms with Crippen molar-refractivity contribution in [2.75, 3.05) is 46.0 Å². The average Bonchev–Trinajstić information content (AvgIpc) is 2.35. The molecule has 0 unspecified atom stereocenters. The van der Waals surface area contributed by atoms with Crippen molar-refractivity contribution < 1.29 is 31.0 Å². The summed E-state index contributed by atoms with van der Waals surface area (Å²) in [5.41, 5.74) is 0. The molecule has 9 heteroatoms. The van der Waals surface area contributed by atoms with Crippen LogP contribution in [-0.2, 0) is 32.7 Å². The van der Waals surface area contributed by atoms with E-state index in [-0.39, 0.29) is 31.7 Å². The van der Waals surface area contributed by atoms with Crippen LogP contribution in [-0.4, -0.2) is 54.4 Å². The van der Waals surface area contributed by atoms with E-state index in [2.05, 4.69) is 13.2 Å². The number of hydrogen-bond donors (Lipinski definition) is 0. The minimum atomic E-state index is -3.67. The Morgan fingerprint density at radius 1 is 1.22 bits per heavy atom. The highest BCUT2D eigenvalue weighted by Gasteiger charge is 2.20. The first-order valence-corrected chi connectivity index (χ1v) is 8.28. The number of rotatable bonds is 10. The smallest absolute Gasteiger partial charge is 0.332 e. The summed E-state index contributed by atoms with van der Waals surface area (Å²) >= 11 is 0. The van der Waals surface area contributed by atoms with Gasteiger partial charge >= 0.3 is 7.60 Å². The van der Waals surface area contributed by atoms with E-state index < -0.39 is 17.7 Å². The number of terminal acetylenes is 1. The summed E-state index contributed by atoms with van der Waals surface area (Å²) < 4.78 is 52.7. The first-order valence-electron chi connectivity index (χ1n) is 4.98. The topological polar surface area (TPSA) is 88.1 Å². The van der Waals surface area contributed by atoms with Gasteiger partial charge in [0.1, 0.15) is 6.61 Å². The molecule has 0 aliphatic rings. The van der Waals surface area contributed by atoms with Gasteiger partial charge in [0.05, 0.1) is 25.1 Å². The molecule has 0 rings (SSSR count). The lowest BCUT2D eigenvalue weighted by atomic mass is 10.8. The SMILES string of the molecule is C#CCOS(=O)(=O)CCOCCP(=O)(OC)OC. The highest BCUT2D eigenvalue weighted by molar-refractivity contribution is 7.86. The molecule has 0 atom stereocenters. The Bertz CT molecular complexity index is 403. The molecule has 0 aromatic carbocycles. The number of ether oxygens (including phenoxy) is 1. The van der Waals surface area contributed by atoms with Gasteiger partial charge < -0.3 is 13.8 Å². The second-order valence-electron chi connectivity index (χ2n) is 3.04. The van der Waals surface area contributed by atoms with Crippen molar-refractivity contribution in [2.45, 2.75) is 0 Å². The van der Waals surface area contributed by atoms with Crippen LogP contribution in [0.4, 0.5) is 0 Å². The van der Waals surface area contributed by atoms with Crippen LogP contribution in [0.25, 0.3) is 0 Å².